The largest absolute Gasteiger partial charge is 0.477 e. The first-order valence-corrected chi connectivity index (χ1v) is 8.26. The van der Waals surface area contributed by atoms with E-state index in [1.807, 2.05) is 0 Å². The highest BCUT2D eigenvalue weighted by atomic mass is 19.1. The summed E-state index contributed by atoms with van der Waals surface area (Å²) in [5, 5.41) is 16.2. The third kappa shape index (κ3) is 3.55. The first kappa shape index (κ1) is 17.1. The summed E-state index contributed by atoms with van der Waals surface area (Å²) in [4.78, 5) is 24.0. The number of hydrogen-bond donors (Lipinski definition) is 2. The average molecular weight is 346 g/mol. The van der Waals surface area contributed by atoms with E-state index in [1.165, 1.54) is 24.3 Å². The molecule has 1 aliphatic carbocycles. The molecule has 1 atom stereocenters. The molecular weight excluding hydrogens is 327 g/mol. The number of amides is 1. The van der Waals surface area contributed by atoms with Crippen molar-refractivity contribution in [2.24, 2.45) is 5.92 Å². The molecule has 1 amide bonds. The lowest BCUT2D eigenvalue weighted by molar-refractivity contribution is -0.125. The number of rotatable bonds is 5. The molecule has 1 fully saturated rings. The van der Waals surface area contributed by atoms with Crippen molar-refractivity contribution in [1.29, 1.82) is 0 Å². The molecule has 0 radical (unpaired) electrons. The van der Waals surface area contributed by atoms with E-state index in [9.17, 15) is 19.1 Å². The highest BCUT2D eigenvalue weighted by Gasteiger charge is 2.30. The van der Waals surface area contributed by atoms with Gasteiger partial charge in [-0.15, -0.1) is 0 Å². The third-order valence-electron chi connectivity index (χ3n) is 4.53. The van der Waals surface area contributed by atoms with Crippen LogP contribution in [0.5, 0.6) is 0 Å². The van der Waals surface area contributed by atoms with Crippen molar-refractivity contribution < 1.29 is 23.6 Å². The van der Waals surface area contributed by atoms with Gasteiger partial charge in [0.25, 0.3) is 0 Å². The van der Waals surface area contributed by atoms with E-state index in [4.69, 9.17) is 4.52 Å². The molecule has 25 heavy (non-hydrogen) atoms. The van der Waals surface area contributed by atoms with Gasteiger partial charge in [0.15, 0.2) is 5.76 Å². The fourth-order valence-electron chi connectivity index (χ4n) is 3.19. The highest BCUT2D eigenvalue weighted by Crippen LogP contribution is 2.30. The lowest BCUT2D eigenvalue weighted by Gasteiger charge is -2.15. The maximum atomic E-state index is 13.1. The van der Waals surface area contributed by atoms with Crippen LogP contribution >= 0.6 is 0 Å². The van der Waals surface area contributed by atoms with Crippen LogP contribution in [-0.2, 0) is 4.79 Å². The molecule has 7 heteroatoms. The Bertz CT molecular complexity index is 779. The number of carboxylic acids is 1. The topological polar surface area (TPSA) is 92.4 Å². The Morgan fingerprint density at radius 2 is 1.92 bits per heavy atom. The van der Waals surface area contributed by atoms with E-state index >= 15 is 0 Å². The molecule has 1 heterocycles. The Kier molecular flexibility index (Phi) is 4.83. The van der Waals surface area contributed by atoms with Crippen LogP contribution in [0.3, 0.4) is 0 Å². The minimum absolute atomic E-state index is 0.0322. The molecule has 1 aliphatic rings. The highest BCUT2D eigenvalue weighted by molar-refractivity contribution is 5.96. The lowest BCUT2D eigenvalue weighted by atomic mass is 10.0. The summed E-state index contributed by atoms with van der Waals surface area (Å²) in [5.41, 5.74) is 0.429. The zero-order chi connectivity index (χ0) is 18.0. The van der Waals surface area contributed by atoms with E-state index in [0.717, 1.165) is 25.7 Å². The van der Waals surface area contributed by atoms with Crippen LogP contribution in [0.15, 0.2) is 28.8 Å². The maximum absolute atomic E-state index is 13.1. The van der Waals surface area contributed by atoms with Crippen LogP contribution in [0.25, 0.3) is 11.3 Å². The monoisotopic (exact) mass is 346 g/mol. The standard InChI is InChI=1S/C18H19FN2O4/c1-10(20-17(22)12-4-2-3-5-12)16-14(18(23)24)15(21-25-16)11-6-8-13(19)9-7-11/h6-10,12H,2-5H2,1H3,(H,20,22)(H,23,24). The number of nitrogens with one attached hydrogen (secondary N) is 1. The van der Waals surface area contributed by atoms with Crippen molar-refractivity contribution in [2.75, 3.05) is 0 Å². The molecule has 0 spiro atoms. The first-order valence-electron chi connectivity index (χ1n) is 8.26. The SMILES string of the molecule is CC(NC(=O)C1CCCC1)c1onc(-c2ccc(F)cc2)c1C(=O)O. The molecule has 0 aliphatic heterocycles. The zero-order valence-corrected chi connectivity index (χ0v) is 13.8. The van der Waals surface area contributed by atoms with Gasteiger partial charge >= 0.3 is 5.97 Å². The predicted molar refractivity (Wildman–Crippen MR) is 87.4 cm³/mol. The van der Waals surface area contributed by atoms with Gasteiger partial charge in [-0.3, -0.25) is 4.79 Å². The van der Waals surface area contributed by atoms with Gasteiger partial charge in [0, 0.05) is 11.5 Å². The molecule has 0 bridgehead atoms. The number of carbonyl (C=O) groups is 2. The van der Waals surface area contributed by atoms with Crippen molar-refractivity contribution >= 4 is 11.9 Å². The van der Waals surface area contributed by atoms with Crippen LogP contribution in [0.2, 0.25) is 0 Å². The summed E-state index contributed by atoms with van der Waals surface area (Å²) < 4.78 is 18.3. The fraction of sp³-hybridized carbons (Fsp3) is 0.389. The van der Waals surface area contributed by atoms with Crippen molar-refractivity contribution in [1.82, 2.24) is 10.5 Å². The number of aromatic carboxylic acids is 1. The molecule has 2 aromatic rings. The summed E-state index contributed by atoms with van der Waals surface area (Å²) >= 11 is 0. The van der Waals surface area contributed by atoms with Gasteiger partial charge < -0.3 is 14.9 Å². The van der Waals surface area contributed by atoms with E-state index in [1.54, 1.807) is 6.92 Å². The molecule has 6 nitrogen and oxygen atoms in total. The molecule has 1 aromatic heterocycles. The minimum atomic E-state index is -1.21. The molecule has 0 saturated heterocycles. The average Bonchev–Trinajstić information content (AvgIpc) is 3.25. The Balaban J connectivity index is 1.87. The molecular formula is C18H19FN2O4. The summed E-state index contributed by atoms with van der Waals surface area (Å²) in [7, 11) is 0. The Labute approximate surface area is 144 Å². The number of carboxylic acid groups (broad SMARTS) is 1. The van der Waals surface area contributed by atoms with Gasteiger partial charge in [-0.25, -0.2) is 9.18 Å². The van der Waals surface area contributed by atoms with Gasteiger partial charge in [-0.1, -0.05) is 18.0 Å². The van der Waals surface area contributed by atoms with E-state index in [0.29, 0.717) is 5.56 Å². The molecule has 3 rings (SSSR count). The van der Waals surface area contributed by atoms with E-state index < -0.39 is 17.8 Å². The summed E-state index contributed by atoms with van der Waals surface area (Å²) in [6.07, 6.45) is 3.76. The minimum Gasteiger partial charge on any atom is -0.477 e. The third-order valence-corrected chi connectivity index (χ3v) is 4.53. The Morgan fingerprint density at radius 3 is 2.52 bits per heavy atom. The fourth-order valence-corrected chi connectivity index (χ4v) is 3.19. The quantitative estimate of drug-likeness (QED) is 0.864. The number of nitrogens with zero attached hydrogens (tertiary/aromatic N) is 1. The van der Waals surface area contributed by atoms with Crippen molar-refractivity contribution in [3.63, 3.8) is 0 Å². The van der Waals surface area contributed by atoms with Crippen LogP contribution < -0.4 is 5.32 Å². The van der Waals surface area contributed by atoms with Gasteiger partial charge in [0.2, 0.25) is 5.91 Å². The molecule has 1 aromatic carbocycles. The normalized spacial score (nSPS) is 15.9. The predicted octanol–water partition coefficient (Wildman–Crippen LogP) is 3.55. The van der Waals surface area contributed by atoms with Gasteiger partial charge in [-0.2, -0.15) is 0 Å². The maximum Gasteiger partial charge on any atom is 0.341 e. The summed E-state index contributed by atoms with van der Waals surface area (Å²) in [6.45, 7) is 1.66. The lowest BCUT2D eigenvalue weighted by Crippen LogP contribution is -2.32. The molecule has 2 N–H and O–H groups in total. The molecule has 1 saturated carbocycles. The smallest absolute Gasteiger partial charge is 0.341 e. The Morgan fingerprint density at radius 1 is 1.28 bits per heavy atom. The molecule has 132 valence electrons. The van der Waals surface area contributed by atoms with Crippen molar-refractivity contribution in [2.45, 2.75) is 38.6 Å². The van der Waals surface area contributed by atoms with Crippen LogP contribution in [0.4, 0.5) is 4.39 Å². The van der Waals surface area contributed by atoms with E-state index in [-0.39, 0.29) is 28.8 Å². The number of benzene rings is 1. The van der Waals surface area contributed by atoms with Crippen molar-refractivity contribution in [3.8, 4) is 11.3 Å². The second-order valence-corrected chi connectivity index (χ2v) is 6.29. The Hall–Kier alpha value is -2.70. The summed E-state index contributed by atoms with van der Waals surface area (Å²) in [5.74, 6) is -1.69. The van der Waals surface area contributed by atoms with E-state index in [2.05, 4.69) is 10.5 Å². The van der Waals surface area contributed by atoms with Gasteiger partial charge in [0.1, 0.15) is 17.1 Å². The van der Waals surface area contributed by atoms with Crippen molar-refractivity contribution in [3.05, 3.63) is 41.4 Å². The second kappa shape index (κ2) is 7.04. The number of halogens is 1. The summed E-state index contributed by atoms with van der Waals surface area (Å²) in [6, 6.07) is 4.69. The molecule has 1 unspecified atom stereocenters. The van der Waals surface area contributed by atoms with Crippen LogP contribution in [0.1, 0.15) is 54.8 Å². The number of aromatic nitrogens is 1. The van der Waals surface area contributed by atoms with Crippen LogP contribution in [-0.4, -0.2) is 22.1 Å². The van der Waals surface area contributed by atoms with Gasteiger partial charge in [0.05, 0.1) is 6.04 Å². The first-order chi connectivity index (χ1) is 12.0. The zero-order valence-electron chi connectivity index (χ0n) is 13.8. The van der Waals surface area contributed by atoms with Crippen LogP contribution in [0, 0.1) is 11.7 Å². The number of carbonyl (C=O) groups excluding carboxylic acids is 1. The second-order valence-electron chi connectivity index (χ2n) is 6.29. The van der Waals surface area contributed by atoms with Gasteiger partial charge in [-0.05, 0) is 44.0 Å². The number of hydrogen-bond acceptors (Lipinski definition) is 4.